The van der Waals surface area contributed by atoms with Gasteiger partial charge in [0.1, 0.15) is 0 Å². The molecular weight excluding hydrogens is 274 g/mol. The highest BCUT2D eigenvalue weighted by atomic mass is 16.3. The molecule has 0 atom stereocenters. The number of hydrogen-bond donors (Lipinski definition) is 2. The molecule has 0 amide bonds. The Morgan fingerprint density at radius 2 is 2.00 bits per heavy atom. The first-order valence-electron chi connectivity index (χ1n) is 8.81. The SMILES string of the molecule is OC1(CNC2CCN(Cc3cccnc3)CC2)CCCCC1. The van der Waals surface area contributed by atoms with Crippen molar-refractivity contribution in [3.8, 4) is 0 Å². The number of aromatic nitrogens is 1. The van der Waals surface area contributed by atoms with Gasteiger partial charge in [0.25, 0.3) is 0 Å². The average Bonchev–Trinajstić information content (AvgIpc) is 2.56. The van der Waals surface area contributed by atoms with Crippen LogP contribution in [0.15, 0.2) is 24.5 Å². The van der Waals surface area contributed by atoms with E-state index in [9.17, 15) is 5.11 Å². The third-order valence-electron chi connectivity index (χ3n) is 5.22. The predicted octanol–water partition coefficient (Wildman–Crippen LogP) is 2.33. The Bertz CT molecular complexity index is 437. The van der Waals surface area contributed by atoms with E-state index in [1.807, 2.05) is 18.5 Å². The molecule has 4 heteroatoms. The van der Waals surface area contributed by atoms with Gasteiger partial charge in [-0.15, -0.1) is 0 Å². The Labute approximate surface area is 133 Å². The zero-order valence-electron chi connectivity index (χ0n) is 13.5. The molecule has 0 aromatic carbocycles. The quantitative estimate of drug-likeness (QED) is 0.876. The number of nitrogens with zero attached hydrogens (tertiary/aromatic N) is 2. The van der Waals surface area contributed by atoms with Crippen molar-refractivity contribution in [1.29, 1.82) is 0 Å². The molecular formula is C18H29N3O. The summed E-state index contributed by atoms with van der Waals surface area (Å²) in [5.41, 5.74) is 0.857. The van der Waals surface area contributed by atoms with Crippen molar-refractivity contribution in [3.05, 3.63) is 30.1 Å². The monoisotopic (exact) mass is 303 g/mol. The summed E-state index contributed by atoms with van der Waals surface area (Å²) in [4.78, 5) is 6.69. The highest BCUT2D eigenvalue weighted by molar-refractivity contribution is 5.08. The summed E-state index contributed by atoms with van der Waals surface area (Å²) in [6.45, 7) is 4.04. The van der Waals surface area contributed by atoms with Crippen LogP contribution in [0.5, 0.6) is 0 Å². The van der Waals surface area contributed by atoms with Crippen molar-refractivity contribution in [2.45, 2.75) is 63.1 Å². The van der Waals surface area contributed by atoms with E-state index in [0.717, 1.165) is 39.0 Å². The second kappa shape index (κ2) is 7.53. The Kier molecular flexibility index (Phi) is 5.45. The van der Waals surface area contributed by atoms with E-state index in [4.69, 9.17) is 0 Å². The van der Waals surface area contributed by atoms with E-state index in [0.29, 0.717) is 6.04 Å². The molecule has 1 aromatic rings. The summed E-state index contributed by atoms with van der Waals surface area (Å²) in [7, 11) is 0. The molecule has 0 unspecified atom stereocenters. The largest absolute Gasteiger partial charge is 0.389 e. The highest BCUT2D eigenvalue weighted by Gasteiger charge is 2.30. The van der Waals surface area contributed by atoms with Crippen molar-refractivity contribution >= 4 is 0 Å². The van der Waals surface area contributed by atoms with Gasteiger partial charge in [-0.05, 0) is 50.4 Å². The van der Waals surface area contributed by atoms with Crippen LogP contribution >= 0.6 is 0 Å². The van der Waals surface area contributed by atoms with Crippen LogP contribution in [0.1, 0.15) is 50.5 Å². The molecule has 0 radical (unpaired) electrons. The molecule has 2 aliphatic rings. The zero-order valence-corrected chi connectivity index (χ0v) is 13.5. The van der Waals surface area contributed by atoms with E-state index in [1.165, 1.54) is 37.7 Å². The Hall–Kier alpha value is -0.970. The van der Waals surface area contributed by atoms with Crippen molar-refractivity contribution in [1.82, 2.24) is 15.2 Å². The Morgan fingerprint density at radius 1 is 1.23 bits per heavy atom. The van der Waals surface area contributed by atoms with Gasteiger partial charge < -0.3 is 10.4 Å². The van der Waals surface area contributed by atoms with Gasteiger partial charge in [-0.2, -0.15) is 0 Å². The molecule has 1 aliphatic heterocycles. The lowest BCUT2D eigenvalue weighted by Gasteiger charge is -2.37. The van der Waals surface area contributed by atoms with Crippen LogP contribution in [-0.2, 0) is 6.54 Å². The first-order chi connectivity index (χ1) is 10.7. The molecule has 0 spiro atoms. The summed E-state index contributed by atoms with van der Waals surface area (Å²) in [5, 5.41) is 14.2. The third kappa shape index (κ3) is 4.51. The molecule has 1 saturated heterocycles. The van der Waals surface area contributed by atoms with E-state index in [-0.39, 0.29) is 0 Å². The maximum absolute atomic E-state index is 10.6. The molecule has 1 saturated carbocycles. The zero-order chi connectivity index (χ0) is 15.3. The van der Waals surface area contributed by atoms with Crippen LogP contribution in [0.4, 0.5) is 0 Å². The fourth-order valence-electron chi connectivity index (χ4n) is 3.77. The van der Waals surface area contributed by atoms with Gasteiger partial charge in [0.15, 0.2) is 0 Å². The summed E-state index contributed by atoms with van der Waals surface area (Å²) in [5.74, 6) is 0. The van der Waals surface area contributed by atoms with Crippen LogP contribution in [0, 0.1) is 0 Å². The number of rotatable bonds is 5. The highest BCUT2D eigenvalue weighted by Crippen LogP contribution is 2.27. The minimum absolute atomic E-state index is 0.439. The average molecular weight is 303 g/mol. The Morgan fingerprint density at radius 3 is 2.68 bits per heavy atom. The first-order valence-corrected chi connectivity index (χ1v) is 8.81. The van der Waals surface area contributed by atoms with Gasteiger partial charge in [-0.25, -0.2) is 0 Å². The molecule has 2 N–H and O–H groups in total. The minimum Gasteiger partial charge on any atom is -0.389 e. The number of likely N-dealkylation sites (tertiary alicyclic amines) is 1. The molecule has 1 aromatic heterocycles. The molecule has 2 fully saturated rings. The maximum atomic E-state index is 10.6. The number of nitrogens with one attached hydrogen (secondary N) is 1. The summed E-state index contributed by atoms with van der Waals surface area (Å²) < 4.78 is 0. The lowest BCUT2D eigenvalue weighted by molar-refractivity contribution is 0.000668. The lowest BCUT2D eigenvalue weighted by atomic mass is 9.84. The van der Waals surface area contributed by atoms with E-state index in [2.05, 4.69) is 21.3 Å². The standard InChI is InChI=1S/C18H29N3O/c22-18(8-2-1-3-9-18)15-20-17-6-11-21(12-7-17)14-16-5-4-10-19-13-16/h4-5,10,13,17,20,22H,1-3,6-9,11-12,14-15H2. The second-order valence-electron chi connectivity index (χ2n) is 7.08. The minimum atomic E-state index is -0.439. The first kappa shape index (κ1) is 15.9. The maximum Gasteiger partial charge on any atom is 0.0771 e. The van der Waals surface area contributed by atoms with Crippen molar-refractivity contribution in [2.75, 3.05) is 19.6 Å². The van der Waals surface area contributed by atoms with Crippen LogP contribution in [0.25, 0.3) is 0 Å². The summed E-state index contributed by atoms with van der Waals surface area (Å²) in [6, 6.07) is 4.72. The molecule has 2 heterocycles. The van der Waals surface area contributed by atoms with Gasteiger partial charge in [0, 0.05) is 31.5 Å². The number of aliphatic hydroxyl groups is 1. The molecule has 0 bridgehead atoms. The normalized spacial score (nSPS) is 23.5. The lowest BCUT2D eigenvalue weighted by Crippen LogP contribution is -2.49. The third-order valence-corrected chi connectivity index (χ3v) is 5.22. The van der Waals surface area contributed by atoms with Gasteiger partial charge in [-0.3, -0.25) is 9.88 Å². The number of hydrogen-bond acceptors (Lipinski definition) is 4. The number of piperidine rings is 1. The smallest absolute Gasteiger partial charge is 0.0771 e. The van der Waals surface area contributed by atoms with Gasteiger partial charge in [0.05, 0.1) is 5.60 Å². The van der Waals surface area contributed by atoms with E-state index < -0.39 is 5.60 Å². The molecule has 4 nitrogen and oxygen atoms in total. The van der Waals surface area contributed by atoms with Crippen molar-refractivity contribution in [2.24, 2.45) is 0 Å². The topological polar surface area (TPSA) is 48.4 Å². The van der Waals surface area contributed by atoms with E-state index >= 15 is 0 Å². The molecule has 1 aliphatic carbocycles. The van der Waals surface area contributed by atoms with Crippen LogP contribution in [-0.4, -0.2) is 46.3 Å². The molecule has 22 heavy (non-hydrogen) atoms. The van der Waals surface area contributed by atoms with Crippen LogP contribution in [0.3, 0.4) is 0 Å². The van der Waals surface area contributed by atoms with E-state index in [1.54, 1.807) is 0 Å². The van der Waals surface area contributed by atoms with Gasteiger partial charge in [0.2, 0.25) is 0 Å². The fourth-order valence-corrected chi connectivity index (χ4v) is 3.77. The number of pyridine rings is 1. The van der Waals surface area contributed by atoms with Gasteiger partial charge >= 0.3 is 0 Å². The van der Waals surface area contributed by atoms with Crippen LogP contribution < -0.4 is 5.32 Å². The van der Waals surface area contributed by atoms with Crippen LogP contribution in [0.2, 0.25) is 0 Å². The fraction of sp³-hybridized carbons (Fsp3) is 0.722. The van der Waals surface area contributed by atoms with Gasteiger partial charge in [-0.1, -0.05) is 25.3 Å². The summed E-state index contributed by atoms with van der Waals surface area (Å²) >= 11 is 0. The molecule has 3 rings (SSSR count). The second-order valence-corrected chi connectivity index (χ2v) is 7.08. The van der Waals surface area contributed by atoms with Crippen molar-refractivity contribution < 1.29 is 5.11 Å². The van der Waals surface area contributed by atoms with Crippen molar-refractivity contribution in [3.63, 3.8) is 0 Å². The Balaban J connectivity index is 1.38. The summed E-state index contributed by atoms with van der Waals surface area (Å²) in [6.07, 6.45) is 11.7. The predicted molar refractivity (Wildman–Crippen MR) is 88.6 cm³/mol. The molecule has 122 valence electrons.